The Kier molecular flexibility index (Phi) is 5.74. The molecular formula is C16H16Cl2N2O3S. The number of rotatable bonds is 5. The first kappa shape index (κ1) is 18.6. The summed E-state index contributed by atoms with van der Waals surface area (Å²) in [5.41, 5.74) is 0.803. The van der Waals surface area contributed by atoms with Crippen molar-refractivity contribution >= 4 is 50.5 Å². The number of para-hydroxylation sites is 1. The maximum Gasteiger partial charge on any atom is 0.247 e. The van der Waals surface area contributed by atoms with Gasteiger partial charge in [0.1, 0.15) is 6.04 Å². The number of sulfonamides is 1. The van der Waals surface area contributed by atoms with Gasteiger partial charge in [-0.1, -0.05) is 41.4 Å². The van der Waals surface area contributed by atoms with Crippen molar-refractivity contribution in [2.75, 3.05) is 15.9 Å². The van der Waals surface area contributed by atoms with E-state index in [1.165, 1.54) is 25.1 Å². The van der Waals surface area contributed by atoms with Crippen molar-refractivity contribution in [3.63, 3.8) is 0 Å². The Bertz CT molecular complexity index is 821. The summed E-state index contributed by atoms with van der Waals surface area (Å²) in [6, 6.07) is 12.1. The second kappa shape index (κ2) is 7.42. The van der Waals surface area contributed by atoms with E-state index in [9.17, 15) is 13.2 Å². The minimum absolute atomic E-state index is 0.369. The van der Waals surface area contributed by atoms with Crippen molar-refractivity contribution in [1.29, 1.82) is 0 Å². The lowest BCUT2D eigenvalue weighted by atomic mass is 10.2. The maximum absolute atomic E-state index is 12.5. The highest BCUT2D eigenvalue weighted by molar-refractivity contribution is 7.92. The predicted molar refractivity (Wildman–Crippen MR) is 98.3 cm³/mol. The van der Waals surface area contributed by atoms with Gasteiger partial charge in [0.25, 0.3) is 0 Å². The number of hydrogen-bond acceptors (Lipinski definition) is 3. The van der Waals surface area contributed by atoms with Gasteiger partial charge in [-0.3, -0.25) is 9.10 Å². The van der Waals surface area contributed by atoms with Crippen LogP contribution < -0.4 is 9.62 Å². The average Bonchev–Trinajstić information content (AvgIpc) is 2.45. The third kappa shape index (κ3) is 4.63. The highest BCUT2D eigenvalue weighted by atomic mass is 35.5. The van der Waals surface area contributed by atoms with E-state index >= 15 is 0 Å². The molecule has 0 fully saturated rings. The Morgan fingerprint density at radius 1 is 1.08 bits per heavy atom. The Hall–Kier alpha value is -1.76. The molecular weight excluding hydrogens is 371 g/mol. The molecule has 0 bridgehead atoms. The molecule has 1 atom stereocenters. The Balaban J connectivity index is 2.29. The van der Waals surface area contributed by atoms with Gasteiger partial charge >= 0.3 is 0 Å². The minimum Gasteiger partial charge on any atom is -0.324 e. The fourth-order valence-electron chi connectivity index (χ4n) is 2.26. The lowest BCUT2D eigenvalue weighted by Gasteiger charge is -2.28. The van der Waals surface area contributed by atoms with E-state index in [1.54, 1.807) is 30.3 Å². The van der Waals surface area contributed by atoms with E-state index in [2.05, 4.69) is 5.32 Å². The molecule has 0 radical (unpaired) electrons. The lowest BCUT2D eigenvalue weighted by molar-refractivity contribution is -0.116. The second-order valence-electron chi connectivity index (χ2n) is 5.22. The van der Waals surface area contributed by atoms with Crippen LogP contribution >= 0.6 is 23.2 Å². The molecule has 0 heterocycles. The highest BCUT2D eigenvalue weighted by Gasteiger charge is 2.29. The zero-order valence-electron chi connectivity index (χ0n) is 13.0. The smallest absolute Gasteiger partial charge is 0.247 e. The molecule has 0 aliphatic heterocycles. The second-order valence-corrected chi connectivity index (χ2v) is 7.95. The molecule has 24 heavy (non-hydrogen) atoms. The number of amides is 1. The van der Waals surface area contributed by atoms with Crippen LogP contribution in [0.15, 0.2) is 48.5 Å². The normalized spacial score (nSPS) is 12.5. The van der Waals surface area contributed by atoms with Crippen LogP contribution in [0.1, 0.15) is 6.92 Å². The SMILES string of the molecule is CC(C(=O)Nc1cc(Cl)cc(Cl)c1)N(c1ccccc1)S(C)(=O)=O. The Morgan fingerprint density at radius 3 is 2.12 bits per heavy atom. The van der Waals surface area contributed by atoms with Crippen molar-refractivity contribution in [3.05, 3.63) is 58.6 Å². The van der Waals surface area contributed by atoms with E-state index < -0.39 is 22.0 Å². The molecule has 1 unspecified atom stereocenters. The topological polar surface area (TPSA) is 66.5 Å². The van der Waals surface area contributed by atoms with Crippen LogP contribution in [0.4, 0.5) is 11.4 Å². The average molecular weight is 387 g/mol. The number of nitrogens with one attached hydrogen (secondary N) is 1. The van der Waals surface area contributed by atoms with Crippen molar-refractivity contribution in [3.8, 4) is 0 Å². The molecule has 0 aliphatic rings. The molecule has 1 N–H and O–H groups in total. The fraction of sp³-hybridized carbons (Fsp3) is 0.188. The van der Waals surface area contributed by atoms with Crippen LogP contribution in [0.25, 0.3) is 0 Å². The summed E-state index contributed by atoms with van der Waals surface area (Å²) in [6.07, 6.45) is 1.06. The van der Waals surface area contributed by atoms with Crippen LogP contribution in [0.3, 0.4) is 0 Å². The summed E-state index contributed by atoms with van der Waals surface area (Å²) in [4.78, 5) is 12.5. The van der Waals surface area contributed by atoms with Crippen molar-refractivity contribution in [2.24, 2.45) is 0 Å². The number of anilines is 2. The Labute approximate surface area is 151 Å². The molecule has 8 heteroatoms. The molecule has 1 amide bonds. The van der Waals surface area contributed by atoms with Crippen LogP contribution in [0.5, 0.6) is 0 Å². The number of benzene rings is 2. The third-order valence-electron chi connectivity index (χ3n) is 3.23. The molecule has 2 aromatic carbocycles. The van der Waals surface area contributed by atoms with E-state index in [0.29, 0.717) is 21.4 Å². The van der Waals surface area contributed by atoms with Gasteiger partial charge in [-0.2, -0.15) is 0 Å². The number of hydrogen-bond donors (Lipinski definition) is 1. The quantitative estimate of drug-likeness (QED) is 0.849. The summed E-state index contributed by atoms with van der Waals surface area (Å²) in [6.45, 7) is 1.51. The van der Waals surface area contributed by atoms with Gasteiger partial charge in [0, 0.05) is 15.7 Å². The summed E-state index contributed by atoms with van der Waals surface area (Å²) in [7, 11) is -3.65. The van der Waals surface area contributed by atoms with Crippen LogP contribution in [0, 0.1) is 0 Å². The summed E-state index contributed by atoms with van der Waals surface area (Å²) < 4.78 is 25.3. The summed E-state index contributed by atoms with van der Waals surface area (Å²) >= 11 is 11.8. The first-order chi connectivity index (χ1) is 11.2. The van der Waals surface area contributed by atoms with Crippen LogP contribution in [0.2, 0.25) is 10.0 Å². The zero-order valence-corrected chi connectivity index (χ0v) is 15.4. The van der Waals surface area contributed by atoms with Crippen LogP contribution in [-0.2, 0) is 14.8 Å². The Morgan fingerprint density at radius 2 is 1.62 bits per heavy atom. The largest absolute Gasteiger partial charge is 0.324 e. The molecule has 0 spiro atoms. The fourth-order valence-corrected chi connectivity index (χ4v) is 3.96. The lowest BCUT2D eigenvalue weighted by Crippen LogP contribution is -2.45. The van der Waals surface area contributed by atoms with Gasteiger partial charge in [0.2, 0.25) is 15.9 Å². The third-order valence-corrected chi connectivity index (χ3v) is 4.91. The molecule has 5 nitrogen and oxygen atoms in total. The van der Waals surface area contributed by atoms with Crippen molar-refractivity contribution in [1.82, 2.24) is 0 Å². The molecule has 0 saturated heterocycles. The first-order valence-corrected chi connectivity index (χ1v) is 9.60. The molecule has 2 rings (SSSR count). The van der Waals surface area contributed by atoms with Gasteiger partial charge in [-0.15, -0.1) is 0 Å². The molecule has 0 aliphatic carbocycles. The van der Waals surface area contributed by atoms with E-state index in [1.807, 2.05) is 0 Å². The van der Waals surface area contributed by atoms with Gasteiger partial charge in [-0.05, 0) is 37.3 Å². The van der Waals surface area contributed by atoms with Gasteiger partial charge in [-0.25, -0.2) is 8.42 Å². The van der Waals surface area contributed by atoms with E-state index in [0.717, 1.165) is 10.6 Å². The zero-order chi connectivity index (χ0) is 17.9. The molecule has 128 valence electrons. The number of halogens is 2. The monoisotopic (exact) mass is 386 g/mol. The predicted octanol–water partition coefficient (Wildman–Crippen LogP) is 3.79. The molecule has 2 aromatic rings. The maximum atomic E-state index is 12.5. The number of carbonyl (C=O) groups is 1. The van der Waals surface area contributed by atoms with Gasteiger partial charge in [0.05, 0.1) is 11.9 Å². The highest BCUT2D eigenvalue weighted by Crippen LogP contribution is 2.24. The molecule has 0 saturated carbocycles. The van der Waals surface area contributed by atoms with Crippen molar-refractivity contribution in [2.45, 2.75) is 13.0 Å². The first-order valence-electron chi connectivity index (χ1n) is 7.00. The van der Waals surface area contributed by atoms with E-state index in [4.69, 9.17) is 23.2 Å². The summed E-state index contributed by atoms with van der Waals surface area (Å²) in [5, 5.41) is 3.37. The van der Waals surface area contributed by atoms with Crippen LogP contribution in [-0.4, -0.2) is 26.6 Å². The number of carbonyl (C=O) groups excluding carboxylic acids is 1. The van der Waals surface area contributed by atoms with Crippen molar-refractivity contribution < 1.29 is 13.2 Å². The summed E-state index contributed by atoms with van der Waals surface area (Å²) in [5.74, 6) is -0.498. The van der Waals surface area contributed by atoms with Gasteiger partial charge in [0.15, 0.2) is 0 Å². The minimum atomic E-state index is -3.65. The number of nitrogens with zero attached hydrogens (tertiary/aromatic N) is 1. The standard InChI is InChI=1S/C16H16Cl2N2O3S/c1-11(16(21)19-14-9-12(17)8-13(18)10-14)20(24(2,22)23)15-6-4-3-5-7-15/h3-11H,1-2H3,(H,19,21). The molecule has 0 aromatic heterocycles. The van der Waals surface area contributed by atoms with E-state index in [-0.39, 0.29) is 0 Å². The van der Waals surface area contributed by atoms with Gasteiger partial charge < -0.3 is 5.32 Å².